The Balaban J connectivity index is 1.79. The van der Waals surface area contributed by atoms with E-state index in [0.717, 1.165) is 16.5 Å². The average molecular weight is 280 g/mol. The van der Waals surface area contributed by atoms with Crippen LogP contribution in [0, 0.1) is 0 Å². The van der Waals surface area contributed by atoms with Gasteiger partial charge in [-0.1, -0.05) is 24.3 Å². The minimum absolute atomic E-state index is 0.0765. The summed E-state index contributed by atoms with van der Waals surface area (Å²) in [7, 11) is 0. The van der Waals surface area contributed by atoms with Crippen LogP contribution >= 0.6 is 0 Å². The molecule has 104 valence electrons. The number of carbonyl (C=O) groups is 1. The molecular formula is C15H12N4O2. The maximum absolute atomic E-state index is 10.7. The molecule has 0 radical (unpaired) electrons. The van der Waals surface area contributed by atoms with Crippen molar-refractivity contribution in [2.75, 3.05) is 5.32 Å². The van der Waals surface area contributed by atoms with Crippen LogP contribution in [0.4, 0.5) is 5.82 Å². The SMILES string of the molecule is O=C(O)c1cnc(NCc2cccc3cccnc23)cn1. The summed E-state index contributed by atoms with van der Waals surface area (Å²) in [5, 5.41) is 13.0. The van der Waals surface area contributed by atoms with Crippen LogP contribution < -0.4 is 5.32 Å². The van der Waals surface area contributed by atoms with Gasteiger partial charge in [-0.05, 0) is 11.6 Å². The smallest absolute Gasteiger partial charge is 0.356 e. The molecule has 0 fully saturated rings. The molecule has 0 aliphatic carbocycles. The fourth-order valence-corrected chi connectivity index (χ4v) is 2.03. The Bertz CT molecular complexity index is 782. The number of para-hydroxylation sites is 1. The summed E-state index contributed by atoms with van der Waals surface area (Å²) in [6, 6.07) is 9.87. The molecule has 0 spiro atoms. The number of hydrogen-bond donors (Lipinski definition) is 2. The van der Waals surface area contributed by atoms with E-state index in [-0.39, 0.29) is 5.69 Å². The van der Waals surface area contributed by atoms with Crippen LogP contribution in [0.1, 0.15) is 16.1 Å². The second-order valence-corrected chi connectivity index (χ2v) is 4.44. The van der Waals surface area contributed by atoms with E-state index in [4.69, 9.17) is 5.11 Å². The summed E-state index contributed by atoms with van der Waals surface area (Å²) in [5.41, 5.74) is 1.90. The Kier molecular flexibility index (Phi) is 3.42. The molecule has 1 aromatic carbocycles. The molecule has 0 aliphatic rings. The van der Waals surface area contributed by atoms with Crippen molar-refractivity contribution in [3.63, 3.8) is 0 Å². The Morgan fingerprint density at radius 1 is 1.10 bits per heavy atom. The second-order valence-electron chi connectivity index (χ2n) is 4.44. The predicted octanol–water partition coefficient (Wildman–Crippen LogP) is 2.34. The molecule has 2 heterocycles. The fraction of sp³-hybridized carbons (Fsp3) is 0.0667. The molecular weight excluding hydrogens is 268 g/mol. The summed E-state index contributed by atoms with van der Waals surface area (Å²) in [6.45, 7) is 0.537. The minimum Gasteiger partial charge on any atom is -0.476 e. The molecule has 3 aromatic rings. The van der Waals surface area contributed by atoms with Crippen LogP contribution in [0.15, 0.2) is 48.9 Å². The number of nitrogens with one attached hydrogen (secondary N) is 1. The van der Waals surface area contributed by atoms with E-state index in [9.17, 15) is 4.79 Å². The highest BCUT2D eigenvalue weighted by Crippen LogP contribution is 2.16. The normalized spacial score (nSPS) is 10.5. The largest absolute Gasteiger partial charge is 0.476 e. The Morgan fingerprint density at radius 3 is 2.71 bits per heavy atom. The zero-order chi connectivity index (χ0) is 14.7. The zero-order valence-corrected chi connectivity index (χ0v) is 11.0. The van der Waals surface area contributed by atoms with Gasteiger partial charge in [0.25, 0.3) is 0 Å². The van der Waals surface area contributed by atoms with Crippen LogP contribution in [0.3, 0.4) is 0 Å². The van der Waals surface area contributed by atoms with Gasteiger partial charge < -0.3 is 10.4 Å². The molecule has 0 saturated carbocycles. The third-order valence-corrected chi connectivity index (χ3v) is 3.05. The Hall–Kier alpha value is -3.02. The number of fused-ring (bicyclic) bond motifs is 1. The summed E-state index contributed by atoms with van der Waals surface area (Å²) in [4.78, 5) is 22.9. The number of anilines is 1. The summed E-state index contributed by atoms with van der Waals surface area (Å²) < 4.78 is 0. The number of benzene rings is 1. The monoisotopic (exact) mass is 280 g/mol. The number of aromatic nitrogens is 3. The van der Waals surface area contributed by atoms with Gasteiger partial charge in [-0.3, -0.25) is 4.98 Å². The van der Waals surface area contributed by atoms with Crippen molar-refractivity contribution in [3.05, 3.63) is 60.2 Å². The topological polar surface area (TPSA) is 88.0 Å². The van der Waals surface area contributed by atoms with E-state index in [1.54, 1.807) is 6.20 Å². The molecule has 0 saturated heterocycles. The molecule has 2 aromatic heterocycles. The number of pyridine rings is 1. The predicted molar refractivity (Wildman–Crippen MR) is 78.1 cm³/mol. The molecule has 0 aliphatic heterocycles. The highest BCUT2D eigenvalue weighted by molar-refractivity contribution is 5.85. The van der Waals surface area contributed by atoms with Gasteiger partial charge in [-0.25, -0.2) is 14.8 Å². The number of nitrogens with zero attached hydrogens (tertiary/aromatic N) is 3. The van der Waals surface area contributed by atoms with Gasteiger partial charge in [0.1, 0.15) is 5.82 Å². The Labute approximate surface area is 120 Å². The standard InChI is InChI=1S/C15H12N4O2/c20-15(21)12-8-19-13(9-17-12)18-7-11-4-1-3-10-5-2-6-16-14(10)11/h1-6,8-9H,7H2,(H,18,19)(H,20,21). The van der Waals surface area contributed by atoms with E-state index in [1.807, 2.05) is 30.3 Å². The highest BCUT2D eigenvalue weighted by Gasteiger charge is 2.05. The van der Waals surface area contributed by atoms with Crippen molar-refractivity contribution in [1.29, 1.82) is 0 Å². The third kappa shape index (κ3) is 2.79. The molecule has 2 N–H and O–H groups in total. The van der Waals surface area contributed by atoms with Crippen molar-refractivity contribution in [2.24, 2.45) is 0 Å². The fourth-order valence-electron chi connectivity index (χ4n) is 2.03. The highest BCUT2D eigenvalue weighted by atomic mass is 16.4. The molecule has 3 rings (SSSR count). The molecule has 0 amide bonds. The van der Waals surface area contributed by atoms with Crippen LogP contribution in [-0.2, 0) is 6.54 Å². The molecule has 0 unspecified atom stereocenters. The molecule has 0 bridgehead atoms. The number of hydrogen-bond acceptors (Lipinski definition) is 5. The van der Waals surface area contributed by atoms with Crippen molar-refractivity contribution < 1.29 is 9.90 Å². The number of aromatic carboxylic acids is 1. The maximum atomic E-state index is 10.7. The van der Waals surface area contributed by atoms with Gasteiger partial charge in [0.2, 0.25) is 0 Å². The van der Waals surface area contributed by atoms with E-state index < -0.39 is 5.97 Å². The van der Waals surface area contributed by atoms with Gasteiger partial charge in [0.05, 0.1) is 17.9 Å². The molecule has 6 heteroatoms. The van der Waals surface area contributed by atoms with Gasteiger partial charge in [-0.2, -0.15) is 0 Å². The van der Waals surface area contributed by atoms with Crippen molar-refractivity contribution in [3.8, 4) is 0 Å². The van der Waals surface area contributed by atoms with Gasteiger partial charge in [0, 0.05) is 18.1 Å². The molecule has 0 atom stereocenters. The lowest BCUT2D eigenvalue weighted by Gasteiger charge is -2.07. The zero-order valence-electron chi connectivity index (χ0n) is 11.0. The van der Waals surface area contributed by atoms with E-state index in [2.05, 4.69) is 20.3 Å². The van der Waals surface area contributed by atoms with E-state index in [0.29, 0.717) is 12.4 Å². The number of carboxylic acids is 1. The van der Waals surface area contributed by atoms with Crippen LogP contribution in [-0.4, -0.2) is 26.0 Å². The lowest BCUT2D eigenvalue weighted by atomic mass is 10.1. The van der Waals surface area contributed by atoms with Crippen LogP contribution in [0.2, 0.25) is 0 Å². The Morgan fingerprint density at radius 2 is 1.95 bits per heavy atom. The first kappa shape index (κ1) is 13.0. The van der Waals surface area contributed by atoms with Crippen molar-refractivity contribution >= 4 is 22.7 Å². The lowest BCUT2D eigenvalue weighted by molar-refractivity contribution is 0.0690. The molecule has 6 nitrogen and oxygen atoms in total. The first-order valence-electron chi connectivity index (χ1n) is 6.36. The van der Waals surface area contributed by atoms with Crippen LogP contribution in [0.5, 0.6) is 0 Å². The quantitative estimate of drug-likeness (QED) is 0.762. The minimum atomic E-state index is -1.09. The average Bonchev–Trinajstić information content (AvgIpc) is 2.53. The van der Waals surface area contributed by atoms with Crippen molar-refractivity contribution in [1.82, 2.24) is 15.0 Å². The van der Waals surface area contributed by atoms with E-state index in [1.165, 1.54) is 12.4 Å². The summed E-state index contributed by atoms with van der Waals surface area (Å²) in [6.07, 6.45) is 4.39. The second kappa shape index (κ2) is 5.54. The first-order valence-corrected chi connectivity index (χ1v) is 6.36. The van der Waals surface area contributed by atoms with Gasteiger partial charge >= 0.3 is 5.97 Å². The van der Waals surface area contributed by atoms with Crippen molar-refractivity contribution in [2.45, 2.75) is 6.54 Å². The third-order valence-electron chi connectivity index (χ3n) is 3.05. The van der Waals surface area contributed by atoms with Crippen LogP contribution in [0.25, 0.3) is 10.9 Å². The lowest BCUT2D eigenvalue weighted by Crippen LogP contribution is -2.06. The van der Waals surface area contributed by atoms with E-state index >= 15 is 0 Å². The number of rotatable bonds is 4. The maximum Gasteiger partial charge on any atom is 0.356 e. The van der Waals surface area contributed by atoms with Gasteiger partial charge in [-0.15, -0.1) is 0 Å². The molecule has 21 heavy (non-hydrogen) atoms. The first-order chi connectivity index (χ1) is 10.2. The number of carboxylic acid groups (broad SMARTS) is 1. The van der Waals surface area contributed by atoms with Gasteiger partial charge in [0.15, 0.2) is 5.69 Å². The summed E-state index contributed by atoms with van der Waals surface area (Å²) in [5.74, 6) is -0.569. The summed E-state index contributed by atoms with van der Waals surface area (Å²) >= 11 is 0.